The summed E-state index contributed by atoms with van der Waals surface area (Å²) in [5.74, 6) is 1.47. The van der Waals surface area contributed by atoms with E-state index >= 15 is 0 Å². The summed E-state index contributed by atoms with van der Waals surface area (Å²) in [7, 11) is 0. The maximum atomic E-state index is 5.24. The van der Waals surface area contributed by atoms with E-state index in [9.17, 15) is 0 Å². The molecule has 0 saturated carbocycles. The average Bonchev–Trinajstić information content (AvgIpc) is 2.87. The van der Waals surface area contributed by atoms with Crippen molar-refractivity contribution in [2.75, 3.05) is 0 Å². The molecule has 2 aromatic heterocycles. The number of nitrogens with one attached hydrogen (secondary N) is 1. The van der Waals surface area contributed by atoms with Crippen LogP contribution in [0.25, 0.3) is 0 Å². The molecule has 0 aromatic carbocycles. The predicted octanol–water partition coefficient (Wildman–Crippen LogP) is 3.15. The van der Waals surface area contributed by atoms with Crippen LogP contribution >= 0.6 is 11.3 Å². The monoisotopic (exact) mass is 236 g/mol. The van der Waals surface area contributed by atoms with Crippen molar-refractivity contribution in [3.05, 3.63) is 40.2 Å². The summed E-state index contributed by atoms with van der Waals surface area (Å²) >= 11 is 1.71. The number of thiazole rings is 1. The second kappa shape index (κ2) is 5.27. The van der Waals surface area contributed by atoms with Gasteiger partial charge in [-0.1, -0.05) is 13.8 Å². The first-order valence-electron chi connectivity index (χ1n) is 5.43. The summed E-state index contributed by atoms with van der Waals surface area (Å²) in [6.07, 6.45) is 1.69. The van der Waals surface area contributed by atoms with Crippen molar-refractivity contribution >= 4 is 11.3 Å². The van der Waals surface area contributed by atoms with E-state index in [2.05, 4.69) is 29.5 Å². The molecule has 86 valence electrons. The molecule has 3 nitrogen and oxygen atoms in total. The van der Waals surface area contributed by atoms with Crippen LogP contribution < -0.4 is 5.32 Å². The van der Waals surface area contributed by atoms with E-state index in [0.29, 0.717) is 5.92 Å². The average molecular weight is 236 g/mol. The van der Waals surface area contributed by atoms with Crippen molar-refractivity contribution in [2.24, 2.45) is 0 Å². The third kappa shape index (κ3) is 2.93. The summed E-state index contributed by atoms with van der Waals surface area (Å²) in [4.78, 5) is 4.55. The second-order valence-electron chi connectivity index (χ2n) is 4.00. The van der Waals surface area contributed by atoms with Crippen LogP contribution in [0.5, 0.6) is 0 Å². The summed E-state index contributed by atoms with van der Waals surface area (Å²) in [6, 6.07) is 3.87. The van der Waals surface area contributed by atoms with Crippen LogP contribution in [0.1, 0.15) is 36.2 Å². The molecule has 2 heterocycles. The van der Waals surface area contributed by atoms with Gasteiger partial charge in [-0.05, 0) is 18.1 Å². The minimum atomic E-state index is 0.509. The number of nitrogens with zero attached hydrogens (tertiary/aromatic N) is 1. The highest BCUT2D eigenvalue weighted by Gasteiger charge is 2.05. The first kappa shape index (κ1) is 11.4. The second-order valence-corrected chi connectivity index (χ2v) is 4.95. The number of furan rings is 1. The Morgan fingerprint density at radius 1 is 1.44 bits per heavy atom. The zero-order chi connectivity index (χ0) is 11.4. The van der Waals surface area contributed by atoms with Gasteiger partial charge in [0.05, 0.1) is 18.5 Å². The van der Waals surface area contributed by atoms with E-state index in [-0.39, 0.29) is 0 Å². The van der Waals surface area contributed by atoms with Crippen LogP contribution in [-0.2, 0) is 13.1 Å². The molecular formula is C12H16N2OS. The molecule has 0 aliphatic heterocycles. The van der Waals surface area contributed by atoms with Crippen LogP contribution in [0.3, 0.4) is 0 Å². The van der Waals surface area contributed by atoms with Crippen LogP contribution in [0.15, 0.2) is 28.2 Å². The SMILES string of the molecule is CC(C)c1csc(CNCc2ccco2)n1. The Labute approximate surface area is 99.5 Å². The van der Waals surface area contributed by atoms with Gasteiger partial charge in [0.15, 0.2) is 0 Å². The molecule has 2 aromatic rings. The highest BCUT2D eigenvalue weighted by Crippen LogP contribution is 2.17. The Bertz CT molecular complexity index is 420. The lowest BCUT2D eigenvalue weighted by molar-refractivity contribution is 0.482. The number of aromatic nitrogens is 1. The minimum absolute atomic E-state index is 0.509. The molecule has 4 heteroatoms. The first-order chi connectivity index (χ1) is 7.75. The first-order valence-corrected chi connectivity index (χ1v) is 6.31. The lowest BCUT2D eigenvalue weighted by Gasteiger charge is -2.00. The molecule has 0 saturated heterocycles. The fraction of sp³-hybridized carbons (Fsp3) is 0.417. The zero-order valence-corrected chi connectivity index (χ0v) is 10.4. The van der Waals surface area contributed by atoms with E-state index in [0.717, 1.165) is 23.9 Å². The van der Waals surface area contributed by atoms with Crippen LogP contribution in [0.4, 0.5) is 0 Å². The lowest BCUT2D eigenvalue weighted by Crippen LogP contribution is -2.11. The standard InChI is InChI=1S/C12H16N2OS/c1-9(2)11-8-16-12(14-11)7-13-6-10-4-3-5-15-10/h3-5,8-9,13H,6-7H2,1-2H3. The van der Waals surface area contributed by atoms with Gasteiger partial charge in [0.2, 0.25) is 0 Å². The third-order valence-corrected chi connectivity index (χ3v) is 3.18. The molecule has 0 amide bonds. The zero-order valence-electron chi connectivity index (χ0n) is 9.56. The van der Waals surface area contributed by atoms with Crippen LogP contribution in [0, 0.1) is 0 Å². The van der Waals surface area contributed by atoms with Crippen molar-refractivity contribution < 1.29 is 4.42 Å². The van der Waals surface area contributed by atoms with Crippen molar-refractivity contribution in [3.8, 4) is 0 Å². The van der Waals surface area contributed by atoms with Gasteiger partial charge < -0.3 is 9.73 Å². The van der Waals surface area contributed by atoms with E-state index in [1.165, 1.54) is 5.69 Å². The van der Waals surface area contributed by atoms with E-state index < -0.39 is 0 Å². The van der Waals surface area contributed by atoms with Crippen molar-refractivity contribution in [3.63, 3.8) is 0 Å². The molecule has 0 aliphatic rings. The molecule has 0 spiro atoms. The Morgan fingerprint density at radius 2 is 2.31 bits per heavy atom. The van der Waals surface area contributed by atoms with Gasteiger partial charge in [-0.25, -0.2) is 4.98 Å². The molecule has 2 rings (SSSR count). The minimum Gasteiger partial charge on any atom is -0.468 e. The topological polar surface area (TPSA) is 38.1 Å². The van der Waals surface area contributed by atoms with E-state index in [1.54, 1.807) is 17.6 Å². The van der Waals surface area contributed by atoms with Gasteiger partial charge in [-0.3, -0.25) is 0 Å². The van der Waals surface area contributed by atoms with Gasteiger partial charge in [-0.2, -0.15) is 0 Å². The Morgan fingerprint density at radius 3 is 2.94 bits per heavy atom. The quantitative estimate of drug-likeness (QED) is 0.866. The fourth-order valence-corrected chi connectivity index (χ4v) is 2.30. The molecule has 0 aliphatic carbocycles. The fourth-order valence-electron chi connectivity index (χ4n) is 1.38. The maximum absolute atomic E-state index is 5.24. The largest absolute Gasteiger partial charge is 0.468 e. The summed E-state index contributed by atoms with van der Waals surface area (Å²) < 4.78 is 5.24. The molecule has 0 fully saturated rings. The molecule has 1 N–H and O–H groups in total. The third-order valence-electron chi connectivity index (χ3n) is 2.32. The Balaban J connectivity index is 1.81. The summed E-state index contributed by atoms with van der Waals surface area (Å²) in [5.41, 5.74) is 1.18. The molecule has 0 radical (unpaired) electrons. The smallest absolute Gasteiger partial charge is 0.117 e. The highest BCUT2D eigenvalue weighted by molar-refractivity contribution is 7.09. The summed E-state index contributed by atoms with van der Waals surface area (Å²) in [6.45, 7) is 5.88. The van der Waals surface area contributed by atoms with Crippen LogP contribution in [-0.4, -0.2) is 4.98 Å². The van der Waals surface area contributed by atoms with Crippen LogP contribution in [0.2, 0.25) is 0 Å². The lowest BCUT2D eigenvalue weighted by atomic mass is 10.2. The van der Waals surface area contributed by atoms with Gasteiger partial charge in [0, 0.05) is 11.9 Å². The maximum Gasteiger partial charge on any atom is 0.117 e. The van der Waals surface area contributed by atoms with Gasteiger partial charge in [0.25, 0.3) is 0 Å². The number of hydrogen-bond donors (Lipinski definition) is 1. The van der Waals surface area contributed by atoms with E-state index in [1.807, 2.05) is 12.1 Å². The predicted molar refractivity (Wildman–Crippen MR) is 65.5 cm³/mol. The summed E-state index contributed by atoms with van der Waals surface area (Å²) in [5, 5.41) is 6.58. The Hall–Kier alpha value is -1.13. The Kier molecular flexibility index (Phi) is 3.74. The molecular weight excluding hydrogens is 220 g/mol. The highest BCUT2D eigenvalue weighted by atomic mass is 32.1. The van der Waals surface area contributed by atoms with Crippen molar-refractivity contribution in [1.82, 2.24) is 10.3 Å². The molecule has 0 atom stereocenters. The van der Waals surface area contributed by atoms with Gasteiger partial charge in [-0.15, -0.1) is 11.3 Å². The van der Waals surface area contributed by atoms with Gasteiger partial charge in [0.1, 0.15) is 10.8 Å². The normalized spacial score (nSPS) is 11.2. The van der Waals surface area contributed by atoms with E-state index in [4.69, 9.17) is 4.42 Å². The number of rotatable bonds is 5. The molecule has 0 bridgehead atoms. The molecule has 0 unspecified atom stereocenters. The van der Waals surface area contributed by atoms with Crippen molar-refractivity contribution in [1.29, 1.82) is 0 Å². The van der Waals surface area contributed by atoms with Gasteiger partial charge >= 0.3 is 0 Å². The van der Waals surface area contributed by atoms with Crippen molar-refractivity contribution in [2.45, 2.75) is 32.9 Å². The number of hydrogen-bond acceptors (Lipinski definition) is 4. The molecule has 16 heavy (non-hydrogen) atoms.